The summed E-state index contributed by atoms with van der Waals surface area (Å²) in [7, 11) is 1.83. The minimum atomic E-state index is -0.781. The summed E-state index contributed by atoms with van der Waals surface area (Å²) in [6, 6.07) is 3.94. The Morgan fingerprint density at radius 3 is 2.83 bits per heavy atom. The number of imidazole rings is 1. The number of aromatic nitrogens is 3. The van der Waals surface area contributed by atoms with Gasteiger partial charge in [-0.2, -0.15) is 0 Å². The molecule has 7 nitrogen and oxygen atoms in total. The molecule has 0 N–H and O–H groups in total. The molecular formula is C21H26FN5O2. The molecule has 2 saturated heterocycles. The van der Waals surface area contributed by atoms with Crippen LogP contribution < -0.4 is 5.56 Å². The molecule has 8 heteroatoms. The van der Waals surface area contributed by atoms with Crippen LogP contribution in [-0.2, 0) is 20.1 Å². The van der Waals surface area contributed by atoms with Crippen molar-refractivity contribution >= 4 is 5.91 Å². The second-order valence-electron chi connectivity index (χ2n) is 8.69. The van der Waals surface area contributed by atoms with E-state index in [1.54, 1.807) is 17.0 Å². The maximum Gasteiger partial charge on any atom is 0.289 e. The second kappa shape index (κ2) is 7.09. The number of halogens is 1. The average molecular weight is 399 g/mol. The van der Waals surface area contributed by atoms with Crippen LogP contribution in [0.4, 0.5) is 4.39 Å². The Morgan fingerprint density at radius 1 is 1.24 bits per heavy atom. The van der Waals surface area contributed by atoms with Gasteiger partial charge in [0.25, 0.3) is 11.5 Å². The molecule has 0 radical (unpaired) electrons. The van der Waals surface area contributed by atoms with Gasteiger partial charge in [0.15, 0.2) is 5.82 Å². The average Bonchev–Trinajstić information content (AvgIpc) is 3.31. The first kappa shape index (κ1) is 18.5. The van der Waals surface area contributed by atoms with Gasteiger partial charge in [-0.05, 0) is 24.8 Å². The topological polar surface area (TPSA) is 63.4 Å². The van der Waals surface area contributed by atoms with E-state index in [0.717, 1.165) is 17.7 Å². The van der Waals surface area contributed by atoms with Gasteiger partial charge < -0.3 is 14.0 Å². The van der Waals surface area contributed by atoms with Crippen molar-refractivity contribution in [1.29, 1.82) is 0 Å². The lowest BCUT2D eigenvalue weighted by Crippen LogP contribution is -2.50. The molecule has 1 amide bonds. The van der Waals surface area contributed by atoms with Crippen LogP contribution >= 0.6 is 0 Å². The van der Waals surface area contributed by atoms with Gasteiger partial charge in [-0.1, -0.05) is 6.07 Å². The van der Waals surface area contributed by atoms with Crippen LogP contribution in [0.2, 0.25) is 0 Å². The van der Waals surface area contributed by atoms with Gasteiger partial charge in [0.1, 0.15) is 6.17 Å². The van der Waals surface area contributed by atoms with Crippen molar-refractivity contribution in [2.45, 2.75) is 38.0 Å². The number of likely N-dealkylation sites (tertiary alicyclic amines) is 2. The van der Waals surface area contributed by atoms with E-state index >= 15 is 0 Å². The molecule has 5 heterocycles. The van der Waals surface area contributed by atoms with E-state index in [9.17, 15) is 14.0 Å². The molecule has 154 valence electrons. The number of pyridine rings is 1. The monoisotopic (exact) mass is 399 g/mol. The number of hydrogen-bond donors (Lipinski definition) is 0. The molecule has 0 unspecified atom stereocenters. The Morgan fingerprint density at radius 2 is 2.10 bits per heavy atom. The molecule has 2 aromatic rings. The second-order valence-corrected chi connectivity index (χ2v) is 8.69. The van der Waals surface area contributed by atoms with Crippen molar-refractivity contribution in [1.82, 2.24) is 23.9 Å². The third-order valence-corrected chi connectivity index (χ3v) is 6.59. The van der Waals surface area contributed by atoms with Crippen LogP contribution in [0.1, 0.15) is 40.6 Å². The van der Waals surface area contributed by atoms with E-state index in [1.807, 2.05) is 33.5 Å². The van der Waals surface area contributed by atoms with Crippen molar-refractivity contribution in [2.75, 3.05) is 26.2 Å². The van der Waals surface area contributed by atoms with E-state index in [1.165, 1.54) is 0 Å². The summed E-state index contributed by atoms with van der Waals surface area (Å²) in [5, 5.41) is 0. The van der Waals surface area contributed by atoms with Gasteiger partial charge in [0.2, 0.25) is 0 Å². The zero-order chi connectivity index (χ0) is 20.1. The number of piperidine rings is 1. The summed E-state index contributed by atoms with van der Waals surface area (Å²) in [6.07, 6.45) is 4.19. The lowest BCUT2D eigenvalue weighted by atomic mass is 9.83. The highest BCUT2D eigenvalue weighted by Gasteiger charge is 2.37. The van der Waals surface area contributed by atoms with Gasteiger partial charge in [0.05, 0.1) is 0 Å². The molecule has 2 fully saturated rings. The SMILES string of the molecule is Cn1ccnc1C(=O)N1C[C@@H]2C[C@H](C1)c1ccc(CN3CC[C@@H](F)C3)c(=O)n1C2. The number of nitrogens with zero attached hydrogens (tertiary/aromatic N) is 5. The molecule has 0 aliphatic carbocycles. The van der Waals surface area contributed by atoms with E-state index in [0.29, 0.717) is 51.5 Å². The Labute approximate surface area is 168 Å². The summed E-state index contributed by atoms with van der Waals surface area (Å²) in [5.41, 5.74) is 1.80. The van der Waals surface area contributed by atoms with Crippen molar-refractivity contribution in [3.05, 3.63) is 52.0 Å². The first-order chi connectivity index (χ1) is 14.0. The predicted octanol–water partition coefficient (Wildman–Crippen LogP) is 1.39. The fraction of sp³-hybridized carbons (Fsp3) is 0.571. The summed E-state index contributed by atoms with van der Waals surface area (Å²) < 4.78 is 17.1. The fourth-order valence-corrected chi connectivity index (χ4v) is 5.16. The first-order valence-corrected chi connectivity index (χ1v) is 10.3. The Balaban J connectivity index is 1.38. The Hall–Kier alpha value is -2.48. The molecule has 29 heavy (non-hydrogen) atoms. The number of aryl methyl sites for hydroxylation is 1. The third kappa shape index (κ3) is 3.29. The minimum Gasteiger partial charge on any atom is -0.335 e. The highest BCUT2D eigenvalue weighted by Crippen LogP contribution is 2.35. The summed E-state index contributed by atoms with van der Waals surface area (Å²) in [5.74, 6) is 0.833. The number of carbonyl (C=O) groups is 1. The summed E-state index contributed by atoms with van der Waals surface area (Å²) in [6.45, 7) is 3.52. The first-order valence-electron chi connectivity index (χ1n) is 10.3. The van der Waals surface area contributed by atoms with Crippen LogP contribution in [0.3, 0.4) is 0 Å². The molecule has 3 atom stereocenters. The molecule has 3 aliphatic heterocycles. The summed E-state index contributed by atoms with van der Waals surface area (Å²) >= 11 is 0. The predicted molar refractivity (Wildman–Crippen MR) is 105 cm³/mol. The molecule has 0 aromatic carbocycles. The molecule has 2 bridgehead atoms. The van der Waals surface area contributed by atoms with E-state index in [-0.39, 0.29) is 23.3 Å². The van der Waals surface area contributed by atoms with Gasteiger partial charge in [0, 0.05) is 75.9 Å². The van der Waals surface area contributed by atoms with Gasteiger partial charge in [-0.3, -0.25) is 14.5 Å². The van der Waals surface area contributed by atoms with E-state index in [2.05, 4.69) is 4.98 Å². The standard InChI is InChI=1S/C21H26FN5O2/c1-24-7-5-23-19(24)21(29)26-9-14-8-16(12-26)18-3-2-15(20(28)27(18)10-14)11-25-6-4-17(22)13-25/h2-3,5,7,14,16-17H,4,6,8-13H2,1H3/t14-,16+,17+/m0/s1. The van der Waals surface area contributed by atoms with Gasteiger partial charge in [-0.25, -0.2) is 9.37 Å². The lowest BCUT2D eigenvalue weighted by Gasteiger charge is -2.42. The number of hydrogen-bond acceptors (Lipinski definition) is 4. The van der Waals surface area contributed by atoms with E-state index < -0.39 is 6.17 Å². The van der Waals surface area contributed by atoms with Gasteiger partial charge >= 0.3 is 0 Å². The summed E-state index contributed by atoms with van der Waals surface area (Å²) in [4.78, 5) is 34.1. The molecule has 2 aromatic heterocycles. The molecule has 0 saturated carbocycles. The number of alkyl halides is 1. The number of amides is 1. The van der Waals surface area contributed by atoms with E-state index in [4.69, 9.17) is 0 Å². The number of fused-ring (bicyclic) bond motifs is 4. The zero-order valence-electron chi connectivity index (χ0n) is 16.6. The molecule has 0 spiro atoms. The van der Waals surface area contributed by atoms with Crippen molar-refractivity contribution in [2.24, 2.45) is 13.0 Å². The number of rotatable bonds is 3. The Bertz CT molecular complexity index is 999. The lowest BCUT2D eigenvalue weighted by molar-refractivity contribution is 0.0578. The van der Waals surface area contributed by atoms with Crippen molar-refractivity contribution < 1.29 is 9.18 Å². The largest absolute Gasteiger partial charge is 0.335 e. The normalized spacial score (nSPS) is 26.6. The van der Waals surface area contributed by atoms with Crippen LogP contribution in [-0.4, -0.2) is 62.2 Å². The molecule has 5 rings (SSSR count). The Kier molecular flexibility index (Phi) is 4.53. The molecular weight excluding hydrogens is 373 g/mol. The zero-order valence-corrected chi connectivity index (χ0v) is 16.6. The third-order valence-electron chi connectivity index (χ3n) is 6.59. The van der Waals surface area contributed by atoms with Crippen molar-refractivity contribution in [3.8, 4) is 0 Å². The maximum atomic E-state index is 13.5. The van der Waals surface area contributed by atoms with Gasteiger partial charge in [-0.15, -0.1) is 0 Å². The van der Waals surface area contributed by atoms with Crippen molar-refractivity contribution in [3.63, 3.8) is 0 Å². The smallest absolute Gasteiger partial charge is 0.289 e. The minimum absolute atomic E-state index is 0.0448. The fourth-order valence-electron chi connectivity index (χ4n) is 5.16. The number of carbonyl (C=O) groups excluding carboxylic acids is 1. The van der Waals surface area contributed by atoms with Crippen LogP contribution in [0, 0.1) is 5.92 Å². The highest BCUT2D eigenvalue weighted by molar-refractivity contribution is 5.91. The molecule has 3 aliphatic rings. The van der Waals surface area contributed by atoms with Crippen LogP contribution in [0.25, 0.3) is 0 Å². The quantitative estimate of drug-likeness (QED) is 0.783. The van der Waals surface area contributed by atoms with Crippen LogP contribution in [0.15, 0.2) is 29.3 Å². The van der Waals surface area contributed by atoms with Crippen LogP contribution in [0.5, 0.6) is 0 Å². The highest BCUT2D eigenvalue weighted by atomic mass is 19.1. The maximum absolute atomic E-state index is 13.5.